The summed E-state index contributed by atoms with van der Waals surface area (Å²) >= 11 is 1.76. The van der Waals surface area contributed by atoms with E-state index in [2.05, 4.69) is 55.5 Å². The zero-order chi connectivity index (χ0) is 12.5. The van der Waals surface area contributed by atoms with Gasteiger partial charge in [0, 0.05) is 12.2 Å². The quantitative estimate of drug-likeness (QED) is 0.888. The predicted molar refractivity (Wildman–Crippen MR) is 75.5 cm³/mol. The highest BCUT2D eigenvalue weighted by Gasteiger charge is 2.25. The molecule has 0 spiro atoms. The molecule has 0 aliphatic carbocycles. The Hall–Kier alpha value is -0.930. The van der Waals surface area contributed by atoms with Crippen molar-refractivity contribution in [3.05, 3.63) is 29.3 Å². The molecule has 0 aromatic carbocycles. The molecule has 0 fully saturated rings. The van der Waals surface area contributed by atoms with E-state index < -0.39 is 0 Å². The molecule has 2 aromatic heterocycles. The number of hydrogen-bond acceptors (Lipinski definition) is 3. The fraction of sp³-hybridized carbons (Fsp3) is 0.500. The average molecular weight is 248 g/mol. The molecule has 2 nitrogen and oxygen atoms in total. The van der Waals surface area contributed by atoms with Crippen molar-refractivity contribution < 1.29 is 0 Å². The summed E-state index contributed by atoms with van der Waals surface area (Å²) in [6, 6.07) is 4.70. The Morgan fingerprint density at radius 1 is 1.41 bits per heavy atom. The second-order valence-electron chi connectivity index (χ2n) is 5.43. The molecule has 1 N–H and O–H groups in total. The molecule has 2 rings (SSSR count). The number of thiophene rings is 1. The molecule has 0 radical (unpaired) electrons. The molecule has 1 atom stereocenters. The third kappa shape index (κ3) is 2.67. The van der Waals surface area contributed by atoms with Crippen LogP contribution in [-0.2, 0) is 0 Å². The average Bonchev–Trinajstić information content (AvgIpc) is 2.71. The predicted octanol–water partition coefficient (Wildman–Crippen LogP) is 3.99. The van der Waals surface area contributed by atoms with Crippen LogP contribution < -0.4 is 5.32 Å². The molecule has 92 valence electrons. The maximum absolute atomic E-state index is 4.53. The molecule has 0 bridgehead atoms. The van der Waals surface area contributed by atoms with Crippen LogP contribution in [0.1, 0.15) is 39.3 Å². The van der Waals surface area contributed by atoms with Gasteiger partial charge in [0.15, 0.2) is 0 Å². The van der Waals surface area contributed by atoms with Gasteiger partial charge < -0.3 is 5.32 Å². The first-order valence-electron chi connectivity index (χ1n) is 6.09. The molecule has 3 heteroatoms. The van der Waals surface area contributed by atoms with Crippen LogP contribution in [-0.4, -0.2) is 11.5 Å². The summed E-state index contributed by atoms with van der Waals surface area (Å²) in [5, 5.41) is 5.66. The van der Waals surface area contributed by atoms with Crippen molar-refractivity contribution >= 4 is 21.6 Å². The second-order valence-corrected chi connectivity index (χ2v) is 6.38. The standard InChI is InChI=1S/C14H20N2S/c1-5-15-13(14(2,3)4)10-8-12-11(16-9-10)6-7-17-12/h6-9,13,15H,5H2,1-4H3. The molecular formula is C14H20N2S. The summed E-state index contributed by atoms with van der Waals surface area (Å²) < 4.78 is 1.27. The number of fused-ring (bicyclic) bond motifs is 1. The Labute approximate surface area is 107 Å². The summed E-state index contributed by atoms with van der Waals surface area (Å²) in [7, 11) is 0. The van der Waals surface area contributed by atoms with Crippen LogP contribution in [0.15, 0.2) is 23.7 Å². The lowest BCUT2D eigenvalue weighted by molar-refractivity contribution is 0.276. The monoisotopic (exact) mass is 248 g/mol. The van der Waals surface area contributed by atoms with Gasteiger partial charge >= 0.3 is 0 Å². The summed E-state index contributed by atoms with van der Waals surface area (Å²) in [5.41, 5.74) is 2.58. The highest BCUT2D eigenvalue weighted by Crippen LogP contribution is 2.34. The third-order valence-electron chi connectivity index (χ3n) is 2.93. The Balaban J connectivity index is 2.40. The van der Waals surface area contributed by atoms with E-state index in [0.717, 1.165) is 12.1 Å². The SMILES string of the molecule is CCNC(c1cnc2ccsc2c1)C(C)(C)C. The lowest BCUT2D eigenvalue weighted by Gasteiger charge is -2.31. The van der Waals surface area contributed by atoms with Gasteiger partial charge in [-0.15, -0.1) is 11.3 Å². The van der Waals surface area contributed by atoms with Gasteiger partial charge in [0.25, 0.3) is 0 Å². The Bertz CT molecular complexity index is 496. The molecule has 2 heterocycles. The minimum Gasteiger partial charge on any atom is -0.310 e. The van der Waals surface area contributed by atoms with Gasteiger partial charge in [-0.3, -0.25) is 4.98 Å². The smallest absolute Gasteiger partial charge is 0.0809 e. The largest absolute Gasteiger partial charge is 0.310 e. The number of nitrogens with zero attached hydrogens (tertiary/aromatic N) is 1. The fourth-order valence-electron chi connectivity index (χ4n) is 2.15. The van der Waals surface area contributed by atoms with Gasteiger partial charge in [-0.25, -0.2) is 0 Å². The van der Waals surface area contributed by atoms with Gasteiger partial charge in [0.2, 0.25) is 0 Å². The van der Waals surface area contributed by atoms with E-state index >= 15 is 0 Å². The maximum atomic E-state index is 4.53. The van der Waals surface area contributed by atoms with Gasteiger partial charge in [0.1, 0.15) is 0 Å². The van der Waals surface area contributed by atoms with E-state index in [1.54, 1.807) is 11.3 Å². The lowest BCUT2D eigenvalue weighted by Crippen LogP contribution is -2.32. The molecule has 0 saturated heterocycles. The first kappa shape index (κ1) is 12.5. The van der Waals surface area contributed by atoms with E-state index in [0.29, 0.717) is 6.04 Å². The van der Waals surface area contributed by atoms with E-state index in [9.17, 15) is 0 Å². The minimum atomic E-state index is 0.197. The number of rotatable bonds is 3. The van der Waals surface area contributed by atoms with E-state index in [4.69, 9.17) is 0 Å². The number of aromatic nitrogens is 1. The van der Waals surface area contributed by atoms with Crippen molar-refractivity contribution in [2.75, 3.05) is 6.54 Å². The molecule has 2 aromatic rings. The van der Waals surface area contributed by atoms with Crippen molar-refractivity contribution in [1.29, 1.82) is 0 Å². The fourth-order valence-corrected chi connectivity index (χ4v) is 2.94. The Morgan fingerprint density at radius 3 is 2.82 bits per heavy atom. The zero-order valence-corrected chi connectivity index (χ0v) is 11.8. The third-order valence-corrected chi connectivity index (χ3v) is 3.78. The van der Waals surface area contributed by atoms with Crippen LogP contribution in [0.5, 0.6) is 0 Å². The summed E-state index contributed by atoms with van der Waals surface area (Å²) in [6.07, 6.45) is 2.01. The van der Waals surface area contributed by atoms with E-state index in [1.165, 1.54) is 10.3 Å². The van der Waals surface area contributed by atoms with Crippen LogP contribution in [0.4, 0.5) is 0 Å². The van der Waals surface area contributed by atoms with E-state index in [1.807, 2.05) is 6.20 Å². The van der Waals surface area contributed by atoms with Crippen molar-refractivity contribution in [1.82, 2.24) is 10.3 Å². The van der Waals surface area contributed by atoms with Crippen LogP contribution >= 0.6 is 11.3 Å². The second kappa shape index (κ2) is 4.75. The number of pyridine rings is 1. The van der Waals surface area contributed by atoms with Crippen LogP contribution in [0.25, 0.3) is 10.2 Å². The molecule has 0 saturated carbocycles. The first-order chi connectivity index (χ1) is 8.02. The summed E-state index contributed by atoms with van der Waals surface area (Å²) in [5.74, 6) is 0. The summed E-state index contributed by atoms with van der Waals surface area (Å²) in [6.45, 7) is 9.91. The molecule has 1 unspecified atom stereocenters. The minimum absolute atomic E-state index is 0.197. The van der Waals surface area contributed by atoms with Gasteiger partial charge in [-0.1, -0.05) is 27.7 Å². The Morgan fingerprint density at radius 2 is 2.18 bits per heavy atom. The molecule has 0 aliphatic heterocycles. The van der Waals surface area contributed by atoms with Gasteiger partial charge in [-0.05, 0) is 35.0 Å². The first-order valence-corrected chi connectivity index (χ1v) is 6.97. The van der Waals surface area contributed by atoms with E-state index in [-0.39, 0.29) is 5.41 Å². The topological polar surface area (TPSA) is 24.9 Å². The van der Waals surface area contributed by atoms with Gasteiger partial charge in [-0.2, -0.15) is 0 Å². The molecular weight excluding hydrogens is 228 g/mol. The highest BCUT2D eigenvalue weighted by molar-refractivity contribution is 7.17. The van der Waals surface area contributed by atoms with Crippen molar-refractivity contribution in [2.45, 2.75) is 33.7 Å². The number of hydrogen-bond donors (Lipinski definition) is 1. The van der Waals surface area contributed by atoms with Crippen LogP contribution in [0, 0.1) is 5.41 Å². The van der Waals surface area contributed by atoms with Crippen LogP contribution in [0.3, 0.4) is 0 Å². The maximum Gasteiger partial charge on any atom is 0.0809 e. The molecule has 17 heavy (non-hydrogen) atoms. The van der Waals surface area contributed by atoms with Crippen molar-refractivity contribution in [3.8, 4) is 0 Å². The normalized spacial score (nSPS) is 14.1. The van der Waals surface area contributed by atoms with Crippen LogP contribution in [0.2, 0.25) is 0 Å². The Kier molecular flexibility index (Phi) is 3.50. The van der Waals surface area contributed by atoms with Crippen molar-refractivity contribution in [3.63, 3.8) is 0 Å². The molecule has 0 amide bonds. The highest BCUT2D eigenvalue weighted by atomic mass is 32.1. The lowest BCUT2D eigenvalue weighted by atomic mass is 9.83. The number of nitrogens with one attached hydrogen (secondary N) is 1. The van der Waals surface area contributed by atoms with Gasteiger partial charge in [0.05, 0.1) is 10.2 Å². The molecule has 0 aliphatic rings. The summed E-state index contributed by atoms with van der Waals surface area (Å²) in [4.78, 5) is 4.53. The zero-order valence-electron chi connectivity index (χ0n) is 10.9. The van der Waals surface area contributed by atoms with Crippen molar-refractivity contribution in [2.24, 2.45) is 5.41 Å².